The lowest BCUT2D eigenvalue weighted by Crippen LogP contribution is -2.29. The van der Waals surface area contributed by atoms with E-state index >= 15 is 0 Å². The van der Waals surface area contributed by atoms with Gasteiger partial charge in [-0.25, -0.2) is 19.9 Å². The van der Waals surface area contributed by atoms with Crippen LogP contribution in [0, 0.1) is 13.8 Å². The van der Waals surface area contributed by atoms with E-state index in [0.29, 0.717) is 30.2 Å². The molecule has 1 aliphatic heterocycles. The van der Waals surface area contributed by atoms with Crippen LogP contribution in [0.5, 0.6) is 5.75 Å². The van der Waals surface area contributed by atoms with Gasteiger partial charge in [0.2, 0.25) is 0 Å². The Bertz CT molecular complexity index is 1480. The second-order valence-corrected chi connectivity index (χ2v) is 11.4. The van der Waals surface area contributed by atoms with Crippen molar-refractivity contribution >= 4 is 32.6 Å². The van der Waals surface area contributed by atoms with E-state index in [1.807, 2.05) is 6.20 Å². The first-order valence-corrected chi connectivity index (χ1v) is 13.8. The number of nitrogens with zero attached hydrogens (tertiary/aromatic N) is 5. The molecule has 37 heavy (non-hydrogen) atoms. The zero-order valence-corrected chi connectivity index (χ0v) is 22.7. The summed E-state index contributed by atoms with van der Waals surface area (Å²) in [7, 11) is 0. The summed E-state index contributed by atoms with van der Waals surface area (Å²) in [6.07, 6.45) is 4.40. The maximum atomic E-state index is 6.30. The van der Waals surface area contributed by atoms with E-state index in [9.17, 15) is 0 Å². The largest absolute Gasteiger partial charge is 0.491 e. The van der Waals surface area contributed by atoms with Crippen molar-refractivity contribution in [3.8, 4) is 16.9 Å². The maximum absolute atomic E-state index is 6.30. The van der Waals surface area contributed by atoms with E-state index in [4.69, 9.17) is 20.4 Å². The van der Waals surface area contributed by atoms with Gasteiger partial charge in [-0.1, -0.05) is 25.2 Å². The number of aryl methyl sites for hydroxylation is 2. The number of ether oxygens (including phenoxy) is 1. The van der Waals surface area contributed by atoms with Crippen molar-refractivity contribution in [3.05, 3.63) is 52.6 Å². The molecule has 0 unspecified atom stereocenters. The summed E-state index contributed by atoms with van der Waals surface area (Å²) in [5, 5.41) is 4.10. The van der Waals surface area contributed by atoms with Gasteiger partial charge in [0.15, 0.2) is 5.13 Å². The van der Waals surface area contributed by atoms with Crippen molar-refractivity contribution in [2.45, 2.75) is 65.6 Å². The average molecular weight is 516 g/mol. The summed E-state index contributed by atoms with van der Waals surface area (Å²) in [6.45, 7) is 11.5. The van der Waals surface area contributed by atoms with Gasteiger partial charge in [0.25, 0.3) is 0 Å². The predicted octanol–water partition coefficient (Wildman–Crippen LogP) is 5.12. The molecular formula is C28H33N7OS. The Labute approximate surface area is 221 Å². The van der Waals surface area contributed by atoms with Gasteiger partial charge >= 0.3 is 0 Å². The number of hydrogen-bond donors (Lipinski definition) is 2. The first-order chi connectivity index (χ1) is 17.9. The minimum Gasteiger partial charge on any atom is -0.491 e. The van der Waals surface area contributed by atoms with Crippen LogP contribution in [-0.4, -0.2) is 39.1 Å². The molecule has 0 spiro atoms. The SMILES string of the molecule is Cc1cc(-c2cnc3sc(N)nc3c2)cc2c1OCCN(c1nc(CNC3CC3)nc(C)c1C(C)C)C2. The third-order valence-electron chi connectivity index (χ3n) is 7.08. The van der Waals surface area contributed by atoms with E-state index in [1.54, 1.807) is 0 Å². The quantitative estimate of drug-likeness (QED) is 0.365. The average Bonchev–Trinajstić information content (AvgIpc) is 3.64. The summed E-state index contributed by atoms with van der Waals surface area (Å²) < 4.78 is 6.30. The van der Waals surface area contributed by atoms with Gasteiger partial charge < -0.3 is 20.7 Å². The molecule has 0 radical (unpaired) electrons. The monoisotopic (exact) mass is 515 g/mol. The molecule has 192 valence electrons. The molecule has 4 aromatic rings. The molecule has 9 heteroatoms. The third kappa shape index (κ3) is 4.85. The first-order valence-electron chi connectivity index (χ1n) is 13.0. The van der Waals surface area contributed by atoms with Crippen LogP contribution in [-0.2, 0) is 13.1 Å². The topological polar surface area (TPSA) is 102 Å². The third-order valence-corrected chi connectivity index (χ3v) is 7.89. The van der Waals surface area contributed by atoms with E-state index in [1.165, 1.54) is 29.7 Å². The molecule has 1 fully saturated rings. The number of rotatable bonds is 6. The van der Waals surface area contributed by atoms with Crippen LogP contribution in [0.2, 0.25) is 0 Å². The number of nitrogen functional groups attached to an aromatic ring is 1. The van der Waals surface area contributed by atoms with Crippen LogP contribution in [0.1, 0.15) is 60.8 Å². The summed E-state index contributed by atoms with van der Waals surface area (Å²) in [4.78, 5) is 22.2. The summed E-state index contributed by atoms with van der Waals surface area (Å²) >= 11 is 1.41. The highest BCUT2D eigenvalue weighted by atomic mass is 32.1. The summed E-state index contributed by atoms with van der Waals surface area (Å²) in [5.74, 6) is 3.17. The lowest BCUT2D eigenvalue weighted by Gasteiger charge is -2.27. The molecule has 0 atom stereocenters. The zero-order valence-electron chi connectivity index (χ0n) is 21.8. The number of anilines is 2. The second-order valence-electron chi connectivity index (χ2n) is 10.4. The van der Waals surface area contributed by atoms with Gasteiger partial charge in [-0.3, -0.25) is 0 Å². The lowest BCUT2D eigenvalue weighted by atomic mass is 9.99. The van der Waals surface area contributed by atoms with Crippen LogP contribution in [0.25, 0.3) is 21.5 Å². The normalized spacial score (nSPS) is 15.6. The van der Waals surface area contributed by atoms with Gasteiger partial charge in [0, 0.05) is 41.2 Å². The zero-order chi connectivity index (χ0) is 25.7. The molecule has 6 rings (SSSR count). The Morgan fingerprint density at radius 2 is 1.97 bits per heavy atom. The summed E-state index contributed by atoms with van der Waals surface area (Å²) in [6, 6.07) is 7.07. The Morgan fingerprint density at radius 3 is 2.76 bits per heavy atom. The van der Waals surface area contributed by atoms with Gasteiger partial charge in [0.05, 0.1) is 13.1 Å². The highest BCUT2D eigenvalue weighted by Crippen LogP contribution is 2.37. The van der Waals surface area contributed by atoms with E-state index in [-0.39, 0.29) is 0 Å². The van der Waals surface area contributed by atoms with E-state index in [0.717, 1.165) is 68.8 Å². The number of pyridine rings is 1. The molecule has 0 bridgehead atoms. The van der Waals surface area contributed by atoms with Gasteiger partial charge in [-0.15, -0.1) is 0 Å². The molecule has 1 aromatic carbocycles. The molecule has 4 heterocycles. The molecule has 0 saturated heterocycles. The number of fused-ring (bicyclic) bond motifs is 2. The predicted molar refractivity (Wildman–Crippen MR) is 149 cm³/mol. The molecule has 3 aromatic heterocycles. The molecule has 1 saturated carbocycles. The maximum Gasteiger partial charge on any atom is 0.182 e. The van der Waals surface area contributed by atoms with Gasteiger partial charge in [-0.2, -0.15) is 0 Å². The van der Waals surface area contributed by atoms with E-state index < -0.39 is 0 Å². The number of thiazole rings is 1. The number of aromatic nitrogens is 4. The van der Waals surface area contributed by atoms with Crippen LogP contribution >= 0.6 is 11.3 Å². The van der Waals surface area contributed by atoms with Crippen molar-refractivity contribution < 1.29 is 4.74 Å². The second kappa shape index (κ2) is 9.54. The molecule has 1 aliphatic carbocycles. The minimum atomic E-state index is 0.320. The van der Waals surface area contributed by atoms with Crippen LogP contribution in [0.3, 0.4) is 0 Å². The van der Waals surface area contributed by atoms with Crippen LogP contribution in [0.15, 0.2) is 24.4 Å². The smallest absolute Gasteiger partial charge is 0.182 e. The van der Waals surface area contributed by atoms with Gasteiger partial charge in [-0.05, 0) is 61.9 Å². The molecule has 2 aliphatic rings. The van der Waals surface area contributed by atoms with Gasteiger partial charge in [0.1, 0.15) is 34.3 Å². The number of hydrogen-bond acceptors (Lipinski definition) is 9. The fourth-order valence-corrected chi connectivity index (χ4v) is 5.86. The highest BCUT2D eigenvalue weighted by Gasteiger charge is 2.26. The van der Waals surface area contributed by atoms with Crippen molar-refractivity contribution in [2.24, 2.45) is 0 Å². The van der Waals surface area contributed by atoms with Crippen LogP contribution < -0.4 is 20.7 Å². The van der Waals surface area contributed by atoms with Crippen LogP contribution in [0.4, 0.5) is 10.9 Å². The minimum absolute atomic E-state index is 0.320. The number of nitrogens with two attached hydrogens (primary N) is 1. The highest BCUT2D eigenvalue weighted by molar-refractivity contribution is 7.21. The number of benzene rings is 1. The Hall–Kier alpha value is -3.30. The summed E-state index contributed by atoms with van der Waals surface area (Å²) in [5.41, 5.74) is 13.4. The first kappa shape index (κ1) is 24.1. The molecular weight excluding hydrogens is 482 g/mol. The fraction of sp³-hybridized carbons (Fsp3) is 0.429. The standard InChI is InChI=1S/C28H33N7OS/c1-15(2)24-17(4)32-23(13-30-21-5-6-21)34-26(24)35-7-8-36-25-16(3)9-18(10-20(25)14-35)19-11-22-27(31-12-19)37-28(29)33-22/h9-12,15,21,30H,5-8,13-14H2,1-4H3,(H2,29,33). The van der Waals surface area contributed by atoms with Crippen molar-refractivity contribution in [3.63, 3.8) is 0 Å². The molecule has 0 amide bonds. The Balaban J connectivity index is 1.37. The Kier molecular flexibility index (Phi) is 6.20. The van der Waals surface area contributed by atoms with Crippen molar-refractivity contribution in [1.29, 1.82) is 0 Å². The van der Waals surface area contributed by atoms with Crippen molar-refractivity contribution in [1.82, 2.24) is 25.3 Å². The Morgan fingerprint density at radius 1 is 1.14 bits per heavy atom. The molecule has 8 nitrogen and oxygen atoms in total. The number of nitrogens with one attached hydrogen (secondary N) is 1. The molecule has 3 N–H and O–H groups in total. The fourth-order valence-electron chi connectivity index (χ4n) is 5.20. The van der Waals surface area contributed by atoms with Crippen molar-refractivity contribution in [2.75, 3.05) is 23.8 Å². The van der Waals surface area contributed by atoms with E-state index in [2.05, 4.69) is 66.1 Å². The lowest BCUT2D eigenvalue weighted by molar-refractivity contribution is 0.329.